The van der Waals surface area contributed by atoms with E-state index in [4.69, 9.17) is 9.84 Å². The van der Waals surface area contributed by atoms with Crippen LogP contribution in [0.4, 0.5) is 0 Å². The average Bonchev–Trinajstić information content (AvgIpc) is 2.46. The van der Waals surface area contributed by atoms with E-state index in [2.05, 4.69) is 5.32 Å². The zero-order valence-electron chi connectivity index (χ0n) is 9.03. The van der Waals surface area contributed by atoms with Crippen LogP contribution in [0.3, 0.4) is 0 Å². The molecule has 3 unspecified atom stereocenters. The Morgan fingerprint density at radius 3 is 2.53 bits per heavy atom. The average molecular weight is 231 g/mol. The number of carbonyl (C=O) groups is 1. The van der Waals surface area contributed by atoms with Crippen molar-refractivity contribution in [1.82, 2.24) is 5.32 Å². The van der Waals surface area contributed by atoms with Gasteiger partial charge in [-0.2, -0.15) is 0 Å². The fourth-order valence-electron chi connectivity index (χ4n) is 2.52. The number of nitrogens with one attached hydrogen (secondary N) is 1. The number of hydrogen-bond donors (Lipinski definition) is 2. The molecule has 2 saturated heterocycles. The molecule has 15 heavy (non-hydrogen) atoms. The van der Waals surface area contributed by atoms with E-state index in [1.54, 1.807) is 11.8 Å². The van der Waals surface area contributed by atoms with Gasteiger partial charge in [0.1, 0.15) is 6.04 Å². The molecule has 5 heteroatoms. The summed E-state index contributed by atoms with van der Waals surface area (Å²) >= 11 is 1.74. The number of carboxylic acids is 1. The molecule has 0 saturated carbocycles. The fraction of sp³-hybridized carbons (Fsp3) is 0.900. The molecule has 2 fully saturated rings. The summed E-state index contributed by atoms with van der Waals surface area (Å²) in [5.41, 5.74) is 0. The third kappa shape index (κ3) is 2.29. The lowest BCUT2D eigenvalue weighted by molar-refractivity contribution is -0.139. The number of hydrogen-bond acceptors (Lipinski definition) is 4. The van der Waals surface area contributed by atoms with Gasteiger partial charge in [0.2, 0.25) is 0 Å². The van der Waals surface area contributed by atoms with Crippen LogP contribution in [0.5, 0.6) is 0 Å². The first-order valence-corrected chi connectivity index (χ1v) is 6.29. The Bertz CT molecular complexity index is 261. The van der Waals surface area contributed by atoms with Crippen LogP contribution in [-0.4, -0.2) is 39.9 Å². The van der Waals surface area contributed by atoms with Crippen LogP contribution in [0.1, 0.15) is 26.7 Å². The number of ether oxygens (including phenoxy) is 1. The fourth-order valence-corrected chi connectivity index (χ4v) is 4.16. The van der Waals surface area contributed by atoms with E-state index in [1.807, 2.05) is 13.8 Å². The van der Waals surface area contributed by atoms with Crippen LogP contribution in [0.15, 0.2) is 0 Å². The van der Waals surface area contributed by atoms with E-state index in [1.165, 1.54) is 0 Å². The second-order valence-electron chi connectivity index (χ2n) is 4.51. The van der Waals surface area contributed by atoms with E-state index < -0.39 is 12.0 Å². The Hall–Kier alpha value is -0.260. The highest BCUT2D eigenvalue weighted by molar-refractivity contribution is 8.01. The summed E-state index contributed by atoms with van der Waals surface area (Å²) in [5, 5.41) is 12.2. The Morgan fingerprint density at radius 2 is 2.07 bits per heavy atom. The van der Waals surface area contributed by atoms with Crippen LogP contribution in [0.25, 0.3) is 0 Å². The summed E-state index contributed by atoms with van der Waals surface area (Å²) in [6, 6.07) is -0.396. The summed E-state index contributed by atoms with van der Waals surface area (Å²) in [6.07, 6.45) is 2.21. The zero-order valence-corrected chi connectivity index (χ0v) is 9.84. The smallest absolute Gasteiger partial charge is 0.321 e. The van der Waals surface area contributed by atoms with Crippen LogP contribution in [-0.2, 0) is 9.53 Å². The highest BCUT2D eigenvalue weighted by Gasteiger charge is 2.46. The van der Waals surface area contributed by atoms with E-state index in [9.17, 15) is 4.79 Å². The predicted molar refractivity (Wildman–Crippen MR) is 59.0 cm³/mol. The van der Waals surface area contributed by atoms with Gasteiger partial charge in [0.05, 0.1) is 17.1 Å². The molecule has 2 aliphatic rings. The van der Waals surface area contributed by atoms with Crippen molar-refractivity contribution in [3.8, 4) is 0 Å². The van der Waals surface area contributed by atoms with Crippen molar-refractivity contribution < 1.29 is 14.6 Å². The van der Waals surface area contributed by atoms with Gasteiger partial charge >= 0.3 is 5.97 Å². The van der Waals surface area contributed by atoms with Crippen molar-refractivity contribution in [3.05, 3.63) is 0 Å². The molecule has 86 valence electrons. The molecule has 2 aliphatic heterocycles. The van der Waals surface area contributed by atoms with Gasteiger partial charge in [-0.15, -0.1) is 11.8 Å². The molecule has 0 radical (unpaired) electrons. The standard InChI is InChI=1S/C10H17NO3S/c1-6-3-10(4-7(2)14-6)11-8(5-15-10)9(12)13/h6-8,11H,3-5H2,1-2H3,(H,12,13). The van der Waals surface area contributed by atoms with Gasteiger partial charge in [0.15, 0.2) is 0 Å². The third-order valence-corrected chi connectivity index (χ3v) is 4.46. The quantitative estimate of drug-likeness (QED) is 0.706. The van der Waals surface area contributed by atoms with Crippen molar-refractivity contribution in [1.29, 1.82) is 0 Å². The minimum absolute atomic E-state index is 0.0693. The Balaban J connectivity index is 2.05. The van der Waals surface area contributed by atoms with Gasteiger partial charge in [-0.1, -0.05) is 0 Å². The van der Waals surface area contributed by atoms with Crippen molar-refractivity contribution in [3.63, 3.8) is 0 Å². The molecule has 0 aromatic heterocycles. The maximum atomic E-state index is 10.9. The second-order valence-corrected chi connectivity index (χ2v) is 5.91. The molecule has 4 nitrogen and oxygen atoms in total. The molecule has 3 atom stereocenters. The molecule has 1 spiro atoms. The number of rotatable bonds is 1. The van der Waals surface area contributed by atoms with Crippen LogP contribution < -0.4 is 5.32 Å². The third-order valence-electron chi connectivity index (χ3n) is 2.96. The van der Waals surface area contributed by atoms with Crippen molar-refractivity contribution in [2.24, 2.45) is 0 Å². The molecule has 2 heterocycles. The first-order valence-electron chi connectivity index (χ1n) is 5.31. The molecule has 2 rings (SSSR count). The summed E-state index contributed by atoms with van der Waals surface area (Å²) in [7, 11) is 0. The predicted octanol–water partition coefficient (Wildman–Crippen LogP) is 1.06. The molecular weight excluding hydrogens is 214 g/mol. The van der Waals surface area contributed by atoms with Crippen LogP contribution in [0, 0.1) is 0 Å². The summed E-state index contributed by atoms with van der Waals surface area (Å²) in [4.78, 5) is 10.8. The Labute approximate surface area is 93.8 Å². The maximum Gasteiger partial charge on any atom is 0.321 e. The Kier molecular flexibility index (Phi) is 2.96. The molecule has 0 aliphatic carbocycles. The van der Waals surface area contributed by atoms with E-state index in [-0.39, 0.29) is 17.1 Å². The largest absolute Gasteiger partial charge is 0.480 e. The van der Waals surface area contributed by atoms with Gasteiger partial charge in [0, 0.05) is 18.6 Å². The summed E-state index contributed by atoms with van der Waals surface area (Å²) < 4.78 is 5.67. The topological polar surface area (TPSA) is 58.6 Å². The minimum atomic E-state index is -0.744. The van der Waals surface area contributed by atoms with Crippen molar-refractivity contribution >= 4 is 17.7 Å². The summed E-state index contributed by atoms with van der Waals surface area (Å²) in [6.45, 7) is 4.10. The van der Waals surface area contributed by atoms with Gasteiger partial charge in [0.25, 0.3) is 0 Å². The van der Waals surface area contributed by atoms with Crippen LogP contribution in [0.2, 0.25) is 0 Å². The maximum absolute atomic E-state index is 10.9. The monoisotopic (exact) mass is 231 g/mol. The normalized spacial score (nSPS) is 45.9. The van der Waals surface area contributed by atoms with Gasteiger partial charge in [-0.25, -0.2) is 0 Å². The number of carboxylic acid groups (broad SMARTS) is 1. The highest BCUT2D eigenvalue weighted by atomic mass is 32.2. The number of thioether (sulfide) groups is 1. The van der Waals surface area contributed by atoms with Gasteiger partial charge in [-0.3, -0.25) is 10.1 Å². The lowest BCUT2D eigenvalue weighted by Gasteiger charge is -2.40. The van der Waals surface area contributed by atoms with Crippen LogP contribution >= 0.6 is 11.8 Å². The molecule has 2 N–H and O–H groups in total. The highest BCUT2D eigenvalue weighted by Crippen LogP contribution is 2.42. The number of aliphatic carboxylic acids is 1. The minimum Gasteiger partial charge on any atom is -0.480 e. The van der Waals surface area contributed by atoms with E-state index >= 15 is 0 Å². The zero-order chi connectivity index (χ0) is 11.1. The summed E-state index contributed by atoms with van der Waals surface area (Å²) in [5.74, 6) is -0.0828. The first kappa shape index (κ1) is 11.2. The Morgan fingerprint density at radius 1 is 1.47 bits per heavy atom. The van der Waals surface area contributed by atoms with E-state index in [0.717, 1.165) is 12.8 Å². The first-order chi connectivity index (χ1) is 7.01. The molecule has 0 amide bonds. The molecule has 0 aromatic carbocycles. The lowest BCUT2D eigenvalue weighted by Crippen LogP contribution is -2.51. The lowest BCUT2D eigenvalue weighted by atomic mass is 9.98. The SMILES string of the molecule is CC1CC2(CC(C)O1)NC(C(=O)O)CS2. The molecule has 0 aromatic rings. The van der Waals surface area contributed by atoms with Crippen molar-refractivity contribution in [2.45, 2.75) is 49.8 Å². The van der Waals surface area contributed by atoms with Crippen molar-refractivity contribution in [2.75, 3.05) is 5.75 Å². The second kappa shape index (κ2) is 3.96. The van der Waals surface area contributed by atoms with Gasteiger partial charge in [-0.05, 0) is 13.8 Å². The van der Waals surface area contributed by atoms with Gasteiger partial charge < -0.3 is 9.84 Å². The molecule has 0 bridgehead atoms. The van der Waals surface area contributed by atoms with E-state index in [0.29, 0.717) is 5.75 Å². The molecular formula is C10H17NO3S.